The molecular formula is C60H46S2. The summed E-state index contributed by atoms with van der Waals surface area (Å²) < 4.78 is 5.37. The van der Waals surface area contributed by atoms with E-state index in [0.29, 0.717) is 0 Å². The third-order valence-electron chi connectivity index (χ3n) is 13.3. The highest BCUT2D eigenvalue weighted by Crippen LogP contribution is 2.53. The van der Waals surface area contributed by atoms with Gasteiger partial charge in [-0.15, -0.1) is 22.7 Å². The van der Waals surface area contributed by atoms with E-state index < -0.39 is 0 Å². The first-order valence-electron chi connectivity index (χ1n) is 21.8. The Morgan fingerprint density at radius 2 is 0.661 bits per heavy atom. The zero-order chi connectivity index (χ0) is 42.1. The van der Waals surface area contributed by atoms with Gasteiger partial charge in [-0.25, -0.2) is 0 Å². The van der Waals surface area contributed by atoms with Gasteiger partial charge in [0.2, 0.25) is 0 Å². The van der Waals surface area contributed by atoms with Gasteiger partial charge in [0.15, 0.2) is 0 Å². The van der Waals surface area contributed by atoms with E-state index >= 15 is 0 Å². The van der Waals surface area contributed by atoms with E-state index in [-0.39, 0.29) is 10.8 Å². The molecule has 298 valence electrons. The Balaban J connectivity index is 1.16. The van der Waals surface area contributed by atoms with Crippen LogP contribution >= 0.6 is 22.7 Å². The first-order chi connectivity index (χ1) is 30.0. The van der Waals surface area contributed by atoms with Crippen LogP contribution in [0.3, 0.4) is 0 Å². The Morgan fingerprint density at radius 1 is 0.290 bits per heavy atom. The highest BCUT2D eigenvalue weighted by molar-refractivity contribution is 7.27. The molecule has 0 saturated carbocycles. The van der Waals surface area contributed by atoms with Gasteiger partial charge in [0.1, 0.15) is 0 Å². The predicted octanol–water partition coefficient (Wildman–Crippen LogP) is 18.6. The Morgan fingerprint density at radius 3 is 1.03 bits per heavy atom. The van der Waals surface area contributed by atoms with Gasteiger partial charge in [0.25, 0.3) is 0 Å². The number of hydrogen-bond donors (Lipinski definition) is 0. The zero-order valence-electron chi connectivity index (χ0n) is 36.0. The molecule has 2 aromatic heterocycles. The molecule has 0 aliphatic heterocycles. The van der Waals surface area contributed by atoms with Gasteiger partial charge < -0.3 is 0 Å². The molecule has 12 rings (SSSR count). The number of hydrogen-bond acceptors (Lipinski definition) is 2. The van der Waals surface area contributed by atoms with E-state index in [1.54, 1.807) is 0 Å². The van der Waals surface area contributed by atoms with Crippen LogP contribution in [-0.2, 0) is 10.8 Å². The Bertz CT molecular complexity index is 3450. The monoisotopic (exact) mass is 830 g/mol. The van der Waals surface area contributed by atoms with Crippen molar-refractivity contribution in [3.8, 4) is 44.5 Å². The molecule has 0 aliphatic rings. The topological polar surface area (TPSA) is 0 Å². The van der Waals surface area contributed by atoms with Crippen molar-refractivity contribution in [2.75, 3.05) is 0 Å². The molecule has 0 spiro atoms. The van der Waals surface area contributed by atoms with Crippen LogP contribution in [0.2, 0.25) is 0 Å². The molecule has 2 heteroatoms. The zero-order valence-corrected chi connectivity index (χ0v) is 37.6. The predicted molar refractivity (Wildman–Crippen MR) is 275 cm³/mol. The van der Waals surface area contributed by atoms with Gasteiger partial charge in [0, 0.05) is 51.1 Å². The number of thiophene rings is 2. The average molecular weight is 831 g/mol. The highest BCUT2D eigenvalue weighted by atomic mass is 32.1. The van der Waals surface area contributed by atoms with Crippen LogP contribution in [-0.4, -0.2) is 0 Å². The third-order valence-corrected chi connectivity index (χ3v) is 15.7. The molecule has 0 aliphatic carbocycles. The summed E-state index contributed by atoms with van der Waals surface area (Å²) >= 11 is 3.90. The van der Waals surface area contributed by atoms with Crippen molar-refractivity contribution in [1.82, 2.24) is 0 Å². The van der Waals surface area contributed by atoms with Crippen LogP contribution in [0.4, 0.5) is 0 Å². The average Bonchev–Trinajstić information content (AvgIpc) is 3.85. The van der Waals surface area contributed by atoms with Gasteiger partial charge in [-0.1, -0.05) is 175 Å². The molecule has 0 atom stereocenters. The van der Waals surface area contributed by atoms with Crippen LogP contribution in [0, 0.1) is 0 Å². The standard InChI is InChI=1S/C60H46S2/c1-59(2,3)41-23-17-35(18-24-41)39-21-27-43-49-33-47-46(38-15-11-8-12-16-38)32-52-56-48(45(37-13-9-7-10-14-37)31-51(55(47)56)57(49)61-53(43)29-39)34-50-44-28-22-40(30-54(44)62-58(50)52)36-19-25-42(26-20-36)60(4,5)6/h7-34H,1-6H3. The van der Waals surface area contributed by atoms with E-state index in [9.17, 15) is 0 Å². The van der Waals surface area contributed by atoms with E-state index in [1.165, 1.54) is 128 Å². The SMILES string of the molecule is CC(C)(C)c1ccc(-c2ccc3c(c2)sc2c3cc3c(-c4ccccc4)cc4c5sc6cc(-c7ccc(C(C)(C)C)cc7)ccc6c5cc5c(-c6ccccc6)cc2c3c54)cc1. The summed E-state index contributed by atoms with van der Waals surface area (Å²) in [6.45, 7) is 13.7. The molecule has 0 unspecified atom stereocenters. The van der Waals surface area contributed by atoms with E-state index in [4.69, 9.17) is 0 Å². The smallest absolute Gasteiger partial charge is 0.0434 e. The summed E-state index contributed by atoms with van der Waals surface area (Å²) in [6, 6.07) is 64.8. The third kappa shape index (κ3) is 5.84. The fourth-order valence-corrected chi connectivity index (χ4v) is 12.4. The van der Waals surface area contributed by atoms with Gasteiger partial charge in [-0.3, -0.25) is 0 Å². The van der Waals surface area contributed by atoms with E-state index in [0.717, 1.165) is 0 Å². The van der Waals surface area contributed by atoms with Crippen molar-refractivity contribution >= 4 is 95.3 Å². The summed E-state index contributed by atoms with van der Waals surface area (Å²) in [4.78, 5) is 0. The maximum atomic E-state index is 2.53. The summed E-state index contributed by atoms with van der Waals surface area (Å²) in [5.41, 5.74) is 13.1. The minimum atomic E-state index is 0.123. The molecule has 0 bridgehead atoms. The highest BCUT2D eigenvalue weighted by Gasteiger charge is 2.24. The first-order valence-corrected chi connectivity index (χ1v) is 23.4. The van der Waals surface area contributed by atoms with Crippen LogP contribution < -0.4 is 0 Å². The summed E-state index contributed by atoms with van der Waals surface area (Å²) in [5, 5.41) is 13.4. The number of rotatable bonds is 4. The lowest BCUT2D eigenvalue weighted by Crippen LogP contribution is -2.10. The van der Waals surface area contributed by atoms with Gasteiger partial charge in [-0.2, -0.15) is 0 Å². The largest absolute Gasteiger partial charge is 0.135 e. The Kier molecular flexibility index (Phi) is 8.21. The molecule has 0 amide bonds. The minimum absolute atomic E-state index is 0.123. The molecule has 10 aromatic carbocycles. The van der Waals surface area contributed by atoms with Crippen molar-refractivity contribution < 1.29 is 0 Å². The molecule has 0 radical (unpaired) electrons. The maximum absolute atomic E-state index is 2.53. The molecule has 0 saturated heterocycles. The quantitative estimate of drug-likeness (QED) is 0.155. The first kappa shape index (κ1) is 37.4. The lowest BCUT2D eigenvalue weighted by atomic mass is 9.84. The lowest BCUT2D eigenvalue weighted by molar-refractivity contribution is 0.590. The normalized spacial score (nSPS) is 12.7. The maximum Gasteiger partial charge on any atom is 0.0434 e. The van der Waals surface area contributed by atoms with Crippen molar-refractivity contribution in [3.63, 3.8) is 0 Å². The fourth-order valence-electron chi connectivity index (χ4n) is 9.95. The van der Waals surface area contributed by atoms with Crippen molar-refractivity contribution in [2.45, 2.75) is 52.4 Å². The van der Waals surface area contributed by atoms with Crippen molar-refractivity contribution in [1.29, 1.82) is 0 Å². The van der Waals surface area contributed by atoms with Crippen molar-refractivity contribution in [2.24, 2.45) is 0 Å². The molecular weight excluding hydrogens is 785 g/mol. The van der Waals surface area contributed by atoms with Gasteiger partial charge in [0.05, 0.1) is 0 Å². The van der Waals surface area contributed by atoms with E-state index in [1.807, 2.05) is 22.7 Å². The van der Waals surface area contributed by atoms with Crippen LogP contribution in [0.15, 0.2) is 170 Å². The summed E-state index contributed by atoms with van der Waals surface area (Å²) in [7, 11) is 0. The Labute approximate surface area is 371 Å². The molecule has 0 N–H and O–H groups in total. The molecule has 0 nitrogen and oxygen atoms in total. The fraction of sp³-hybridized carbons (Fsp3) is 0.133. The van der Waals surface area contributed by atoms with Crippen LogP contribution in [0.1, 0.15) is 52.7 Å². The molecule has 2 heterocycles. The van der Waals surface area contributed by atoms with Crippen LogP contribution in [0.25, 0.3) is 117 Å². The summed E-state index contributed by atoms with van der Waals surface area (Å²) in [6.07, 6.45) is 0. The molecule has 62 heavy (non-hydrogen) atoms. The summed E-state index contributed by atoms with van der Waals surface area (Å²) in [5.74, 6) is 0. The lowest BCUT2D eigenvalue weighted by Gasteiger charge is -2.19. The number of fused-ring (bicyclic) bond motifs is 8. The Hall–Kier alpha value is -6.32. The minimum Gasteiger partial charge on any atom is -0.135 e. The number of benzene rings is 10. The van der Waals surface area contributed by atoms with Crippen LogP contribution in [0.5, 0.6) is 0 Å². The second-order valence-corrected chi connectivity index (χ2v) is 21.4. The second kappa shape index (κ2) is 13.6. The second-order valence-electron chi connectivity index (χ2n) is 19.3. The molecule has 0 fully saturated rings. The van der Waals surface area contributed by atoms with Gasteiger partial charge >= 0.3 is 0 Å². The van der Waals surface area contributed by atoms with E-state index in [2.05, 4.69) is 211 Å². The van der Waals surface area contributed by atoms with Gasteiger partial charge in [-0.05, 0) is 124 Å². The molecule has 12 aromatic rings. The van der Waals surface area contributed by atoms with Crippen molar-refractivity contribution in [3.05, 3.63) is 181 Å².